The third-order valence-corrected chi connectivity index (χ3v) is 4.72. The Kier molecular flexibility index (Phi) is 3.92. The van der Waals surface area contributed by atoms with E-state index in [4.69, 9.17) is 0 Å². The summed E-state index contributed by atoms with van der Waals surface area (Å²) in [7, 11) is 0. The van der Waals surface area contributed by atoms with Crippen molar-refractivity contribution in [1.82, 2.24) is 4.90 Å². The molecule has 2 nitrogen and oxygen atoms in total. The second-order valence-corrected chi connectivity index (χ2v) is 7.00. The molecule has 0 aromatic carbocycles. The molecule has 1 aliphatic heterocycles. The second kappa shape index (κ2) is 5.09. The topological polar surface area (TPSA) is 20.3 Å². The van der Waals surface area contributed by atoms with Crippen LogP contribution >= 0.6 is 0 Å². The van der Waals surface area contributed by atoms with E-state index in [1.807, 2.05) is 0 Å². The van der Waals surface area contributed by atoms with Gasteiger partial charge in [0.25, 0.3) is 0 Å². The minimum absolute atomic E-state index is 0.392. The van der Waals surface area contributed by atoms with Crippen LogP contribution in [0.15, 0.2) is 0 Å². The molecule has 2 fully saturated rings. The highest BCUT2D eigenvalue weighted by molar-refractivity contribution is 5.82. The lowest BCUT2D eigenvalue weighted by molar-refractivity contribution is -0.120. The molecule has 0 aromatic rings. The Hall–Kier alpha value is -0.370. The number of ketones is 1. The van der Waals surface area contributed by atoms with Crippen molar-refractivity contribution >= 4 is 5.78 Å². The van der Waals surface area contributed by atoms with E-state index in [0.29, 0.717) is 17.1 Å². The molecule has 2 unspecified atom stereocenters. The molecule has 1 saturated carbocycles. The third kappa shape index (κ3) is 3.31. The van der Waals surface area contributed by atoms with Crippen molar-refractivity contribution in [2.45, 2.75) is 52.9 Å². The summed E-state index contributed by atoms with van der Waals surface area (Å²) in [6.45, 7) is 10.7. The van der Waals surface area contributed by atoms with Gasteiger partial charge in [-0.15, -0.1) is 0 Å². The predicted octanol–water partition coefficient (Wildman–Crippen LogP) is 3.11. The van der Waals surface area contributed by atoms with Crippen LogP contribution in [0.4, 0.5) is 0 Å². The summed E-state index contributed by atoms with van der Waals surface area (Å²) in [5.74, 6) is 1.75. The first-order valence-corrected chi connectivity index (χ1v) is 7.22. The Labute approximate surface area is 106 Å². The summed E-state index contributed by atoms with van der Waals surface area (Å²) in [5.41, 5.74) is 0.442. The van der Waals surface area contributed by atoms with Crippen molar-refractivity contribution in [2.75, 3.05) is 19.6 Å². The molecule has 0 spiro atoms. The van der Waals surface area contributed by atoms with Crippen LogP contribution in [0.5, 0.6) is 0 Å². The van der Waals surface area contributed by atoms with E-state index >= 15 is 0 Å². The second-order valence-electron chi connectivity index (χ2n) is 7.00. The zero-order chi connectivity index (χ0) is 12.5. The number of hydrogen-bond acceptors (Lipinski definition) is 2. The van der Waals surface area contributed by atoms with Gasteiger partial charge in [0.05, 0.1) is 0 Å². The van der Waals surface area contributed by atoms with Crippen LogP contribution < -0.4 is 0 Å². The molecule has 0 amide bonds. The summed E-state index contributed by atoms with van der Waals surface area (Å²) in [6, 6.07) is 0. The van der Waals surface area contributed by atoms with Gasteiger partial charge in [0.15, 0.2) is 0 Å². The quantitative estimate of drug-likeness (QED) is 0.751. The van der Waals surface area contributed by atoms with Gasteiger partial charge in [-0.25, -0.2) is 0 Å². The lowest BCUT2D eigenvalue weighted by atomic mass is 9.80. The minimum Gasteiger partial charge on any atom is -0.303 e. The fourth-order valence-electron chi connectivity index (χ4n) is 3.27. The van der Waals surface area contributed by atoms with Gasteiger partial charge in [-0.2, -0.15) is 0 Å². The fourth-order valence-corrected chi connectivity index (χ4v) is 3.27. The maximum atomic E-state index is 11.6. The molecule has 1 heterocycles. The number of carbonyl (C=O) groups is 1. The highest BCUT2D eigenvalue weighted by atomic mass is 16.1. The normalized spacial score (nSPS) is 31.4. The van der Waals surface area contributed by atoms with Gasteiger partial charge in [-0.3, -0.25) is 4.79 Å². The molecular weight excluding hydrogens is 210 g/mol. The van der Waals surface area contributed by atoms with Gasteiger partial charge in [0.1, 0.15) is 5.78 Å². The number of hydrogen-bond donors (Lipinski definition) is 0. The van der Waals surface area contributed by atoms with Gasteiger partial charge < -0.3 is 4.90 Å². The van der Waals surface area contributed by atoms with E-state index in [1.54, 1.807) is 0 Å². The Morgan fingerprint density at radius 1 is 1.29 bits per heavy atom. The molecular formula is C15H27NO. The molecule has 0 aromatic heterocycles. The van der Waals surface area contributed by atoms with Crippen molar-refractivity contribution in [3.63, 3.8) is 0 Å². The summed E-state index contributed by atoms with van der Waals surface area (Å²) in [4.78, 5) is 14.2. The lowest BCUT2D eigenvalue weighted by Gasteiger charge is -2.27. The monoisotopic (exact) mass is 237 g/mol. The maximum Gasteiger partial charge on any atom is 0.136 e. The molecule has 1 aliphatic carbocycles. The average Bonchev–Trinajstić information content (AvgIpc) is 2.82. The number of nitrogens with zero attached hydrogens (tertiary/aromatic N) is 1. The first kappa shape index (κ1) is 13.1. The van der Waals surface area contributed by atoms with E-state index in [9.17, 15) is 4.79 Å². The Bertz CT molecular complexity index is 279. The molecule has 98 valence electrons. The summed E-state index contributed by atoms with van der Waals surface area (Å²) in [5, 5.41) is 0. The first-order chi connectivity index (χ1) is 7.97. The van der Waals surface area contributed by atoms with Crippen molar-refractivity contribution in [3.05, 3.63) is 0 Å². The fraction of sp³-hybridized carbons (Fsp3) is 0.933. The van der Waals surface area contributed by atoms with Gasteiger partial charge >= 0.3 is 0 Å². The molecule has 0 radical (unpaired) electrons. The number of rotatable bonds is 3. The first-order valence-electron chi connectivity index (χ1n) is 7.22. The highest BCUT2D eigenvalue weighted by Crippen LogP contribution is 2.34. The Morgan fingerprint density at radius 2 is 2.06 bits per heavy atom. The van der Waals surface area contributed by atoms with E-state index in [1.165, 1.54) is 19.5 Å². The van der Waals surface area contributed by atoms with E-state index < -0.39 is 0 Å². The van der Waals surface area contributed by atoms with Gasteiger partial charge in [-0.1, -0.05) is 20.8 Å². The summed E-state index contributed by atoms with van der Waals surface area (Å²) in [6.07, 6.45) is 5.57. The highest BCUT2D eigenvalue weighted by Gasteiger charge is 2.32. The van der Waals surface area contributed by atoms with E-state index in [0.717, 1.165) is 38.1 Å². The van der Waals surface area contributed by atoms with Crippen molar-refractivity contribution < 1.29 is 4.79 Å². The van der Waals surface area contributed by atoms with Gasteiger partial charge in [-0.05, 0) is 50.1 Å². The zero-order valence-electron chi connectivity index (χ0n) is 11.7. The SMILES string of the molecule is CC(C)(C)C1CCN(CCC2CCCC2=O)C1. The molecule has 0 bridgehead atoms. The van der Waals surface area contributed by atoms with Gasteiger partial charge in [0, 0.05) is 18.9 Å². The van der Waals surface area contributed by atoms with Crippen LogP contribution in [-0.2, 0) is 4.79 Å². The Morgan fingerprint density at radius 3 is 2.59 bits per heavy atom. The maximum absolute atomic E-state index is 11.6. The molecule has 2 atom stereocenters. The molecule has 1 saturated heterocycles. The number of likely N-dealkylation sites (tertiary alicyclic amines) is 1. The van der Waals surface area contributed by atoms with Crippen LogP contribution in [0, 0.1) is 17.3 Å². The zero-order valence-corrected chi connectivity index (χ0v) is 11.7. The van der Waals surface area contributed by atoms with Crippen molar-refractivity contribution in [2.24, 2.45) is 17.3 Å². The molecule has 0 N–H and O–H groups in total. The molecule has 2 aliphatic rings. The molecule has 17 heavy (non-hydrogen) atoms. The smallest absolute Gasteiger partial charge is 0.136 e. The van der Waals surface area contributed by atoms with Crippen LogP contribution in [0.1, 0.15) is 52.9 Å². The summed E-state index contributed by atoms with van der Waals surface area (Å²) >= 11 is 0. The summed E-state index contributed by atoms with van der Waals surface area (Å²) < 4.78 is 0. The largest absolute Gasteiger partial charge is 0.303 e. The number of Topliss-reactive ketones (excluding diaryl/α,β-unsaturated/α-hetero) is 1. The predicted molar refractivity (Wildman–Crippen MR) is 71.0 cm³/mol. The van der Waals surface area contributed by atoms with Crippen molar-refractivity contribution in [1.29, 1.82) is 0 Å². The van der Waals surface area contributed by atoms with Gasteiger partial charge in [0.2, 0.25) is 0 Å². The lowest BCUT2D eigenvalue weighted by Crippen LogP contribution is -2.28. The van der Waals surface area contributed by atoms with Crippen LogP contribution in [0.25, 0.3) is 0 Å². The van der Waals surface area contributed by atoms with Crippen molar-refractivity contribution in [3.8, 4) is 0 Å². The van der Waals surface area contributed by atoms with Crippen LogP contribution in [-0.4, -0.2) is 30.3 Å². The minimum atomic E-state index is 0.392. The standard InChI is InChI=1S/C15H27NO/c1-15(2,3)13-8-10-16(11-13)9-7-12-5-4-6-14(12)17/h12-13H,4-11H2,1-3H3. The number of carbonyl (C=O) groups excluding carboxylic acids is 1. The van der Waals surface area contributed by atoms with E-state index in [2.05, 4.69) is 25.7 Å². The third-order valence-electron chi connectivity index (χ3n) is 4.72. The average molecular weight is 237 g/mol. The molecule has 2 rings (SSSR count). The van der Waals surface area contributed by atoms with Crippen LogP contribution in [0.3, 0.4) is 0 Å². The molecule has 2 heteroatoms. The van der Waals surface area contributed by atoms with Crippen LogP contribution in [0.2, 0.25) is 0 Å². The van der Waals surface area contributed by atoms with E-state index in [-0.39, 0.29) is 0 Å². The Balaban J connectivity index is 1.73.